The van der Waals surface area contributed by atoms with E-state index < -0.39 is 290 Å². The van der Waals surface area contributed by atoms with Gasteiger partial charge in [-0.15, -0.1) is 0 Å². The van der Waals surface area contributed by atoms with Crippen LogP contribution in [-0.4, -0.2) is 391 Å². The number of aliphatic hydroxyl groups excluding tert-OH is 20. The molecule has 24 N–H and O–H groups in total. The van der Waals surface area contributed by atoms with E-state index in [0.29, 0.717) is 0 Å². The molecule has 0 unspecified atom stereocenters. The molecule has 7 rings (SSSR count). The Labute approximate surface area is 520 Å². The Balaban J connectivity index is 1.28. The first-order valence-corrected chi connectivity index (χ1v) is 29.1. The molecule has 0 spiro atoms. The minimum atomic E-state index is -3.42. The molecule has 7 heterocycles. The summed E-state index contributed by atoms with van der Waals surface area (Å²) in [5.74, 6) is -8.32. The molecule has 532 valence electrons. The molecular formula is C51H85N3O38. The number of hydrogen-bond donors (Lipinski definition) is 24. The molecule has 0 saturated carbocycles. The summed E-state index contributed by atoms with van der Waals surface area (Å²) in [7, 11) is 0. The molecule has 0 aromatic rings. The van der Waals surface area contributed by atoms with Gasteiger partial charge < -0.3 is 185 Å². The molecular weight excluding hydrogens is 1260 g/mol. The van der Waals surface area contributed by atoms with Crippen molar-refractivity contribution in [3.8, 4) is 0 Å². The van der Waals surface area contributed by atoms with Gasteiger partial charge in [-0.25, -0.2) is 4.79 Å². The summed E-state index contributed by atoms with van der Waals surface area (Å²) in [6.45, 7) is -2.60. The average Bonchev–Trinajstić information content (AvgIpc) is 0.757. The van der Waals surface area contributed by atoms with Crippen LogP contribution in [0.1, 0.15) is 34.1 Å². The Hall–Kier alpha value is -3.44. The maximum atomic E-state index is 13.7. The van der Waals surface area contributed by atoms with Gasteiger partial charge in [-0.05, 0) is 6.92 Å². The molecule has 41 nitrogen and oxygen atoms in total. The van der Waals surface area contributed by atoms with Crippen LogP contribution in [0.15, 0.2) is 0 Å². The Kier molecular flexibility index (Phi) is 26.6. The lowest BCUT2D eigenvalue weighted by atomic mass is 9.88. The number of hydrogen-bond acceptors (Lipinski definition) is 37. The summed E-state index contributed by atoms with van der Waals surface area (Å²) in [6, 6.07) is -5.44. The number of ether oxygens (including phenoxy) is 13. The molecule has 41 heteroatoms. The molecule has 3 amide bonds. The summed E-state index contributed by atoms with van der Waals surface area (Å²) < 4.78 is 76.8. The van der Waals surface area contributed by atoms with E-state index in [0.717, 1.165) is 20.8 Å². The van der Waals surface area contributed by atoms with Crippen molar-refractivity contribution in [3.05, 3.63) is 0 Å². The quantitative estimate of drug-likeness (QED) is 0.0427. The number of nitrogens with one attached hydrogen (secondary N) is 3. The maximum Gasteiger partial charge on any atom is 0.364 e. The summed E-state index contributed by atoms with van der Waals surface area (Å²) in [4.78, 5) is 51.7. The molecule has 7 saturated heterocycles. The van der Waals surface area contributed by atoms with E-state index in [1.165, 1.54) is 6.92 Å². The fraction of sp³-hybridized carbons (Fsp3) is 0.922. The van der Waals surface area contributed by atoms with E-state index in [4.69, 9.17) is 61.6 Å². The topological polar surface area (TPSA) is 649 Å². The van der Waals surface area contributed by atoms with E-state index in [9.17, 15) is 126 Å². The second-order valence-electron chi connectivity index (χ2n) is 23.2. The van der Waals surface area contributed by atoms with Gasteiger partial charge >= 0.3 is 5.97 Å². The minimum absolute atomic E-state index is 0.828. The fourth-order valence-electron chi connectivity index (χ4n) is 11.7. The summed E-state index contributed by atoms with van der Waals surface area (Å²) in [5.41, 5.74) is 0. The first kappa shape index (κ1) is 75.9. The van der Waals surface area contributed by atoms with Gasteiger partial charge in [-0.3, -0.25) is 14.4 Å². The van der Waals surface area contributed by atoms with Crippen molar-refractivity contribution >= 4 is 23.7 Å². The molecule has 7 aliphatic heterocycles. The van der Waals surface area contributed by atoms with Crippen molar-refractivity contribution in [1.82, 2.24) is 16.0 Å². The zero-order valence-corrected chi connectivity index (χ0v) is 49.5. The summed E-state index contributed by atoms with van der Waals surface area (Å²) in [5, 5.41) is 236. The van der Waals surface area contributed by atoms with Gasteiger partial charge in [0.25, 0.3) is 5.79 Å². The smallest absolute Gasteiger partial charge is 0.364 e. The van der Waals surface area contributed by atoms with Gasteiger partial charge in [0.15, 0.2) is 37.7 Å². The van der Waals surface area contributed by atoms with Crippen LogP contribution < -0.4 is 16.0 Å². The van der Waals surface area contributed by atoms with Gasteiger partial charge in [0.2, 0.25) is 17.7 Å². The molecule has 7 fully saturated rings. The number of aliphatic hydroxyl groups is 20. The van der Waals surface area contributed by atoms with Crippen LogP contribution in [0.5, 0.6) is 0 Å². The Bertz CT molecular complexity index is 2390. The Morgan fingerprint density at radius 3 is 1.38 bits per heavy atom. The number of carboxylic acid groups (broad SMARTS) is 1. The molecule has 7 aliphatic rings. The maximum absolute atomic E-state index is 13.7. The van der Waals surface area contributed by atoms with Crippen molar-refractivity contribution in [2.45, 2.75) is 254 Å². The van der Waals surface area contributed by atoms with Gasteiger partial charge in [-0.2, -0.15) is 0 Å². The largest absolute Gasteiger partial charge is 0.477 e. The van der Waals surface area contributed by atoms with Gasteiger partial charge in [0.05, 0.1) is 57.9 Å². The number of aliphatic carboxylic acids is 1. The second kappa shape index (κ2) is 32.3. The van der Waals surface area contributed by atoms with Crippen molar-refractivity contribution < 1.29 is 188 Å². The number of carboxylic acids is 1. The molecule has 92 heavy (non-hydrogen) atoms. The normalized spacial score (nSPS) is 47.6. The first-order valence-electron chi connectivity index (χ1n) is 29.1. The number of rotatable bonds is 24. The highest BCUT2D eigenvalue weighted by Crippen LogP contribution is 2.42. The van der Waals surface area contributed by atoms with E-state index in [2.05, 4.69) is 16.0 Å². The van der Waals surface area contributed by atoms with Gasteiger partial charge in [0, 0.05) is 27.2 Å². The van der Waals surface area contributed by atoms with Gasteiger partial charge in [0.1, 0.15) is 159 Å². The second-order valence-corrected chi connectivity index (χ2v) is 23.2. The van der Waals surface area contributed by atoms with Crippen LogP contribution >= 0.6 is 0 Å². The number of carbonyl (C=O) groups excluding carboxylic acids is 3. The van der Waals surface area contributed by atoms with Crippen LogP contribution in [0.2, 0.25) is 0 Å². The third-order valence-electron chi connectivity index (χ3n) is 16.7. The Morgan fingerprint density at radius 2 is 0.891 bits per heavy atom. The van der Waals surface area contributed by atoms with E-state index in [1.54, 1.807) is 0 Å². The van der Waals surface area contributed by atoms with Crippen molar-refractivity contribution in [2.75, 3.05) is 39.6 Å². The number of amides is 3. The summed E-state index contributed by atoms with van der Waals surface area (Å²) in [6.07, 6.45) is -67.9. The highest BCUT2D eigenvalue weighted by atomic mass is 16.8. The molecule has 0 radical (unpaired) electrons. The van der Waals surface area contributed by atoms with Crippen LogP contribution in [0.3, 0.4) is 0 Å². The molecule has 0 bridgehead atoms. The molecule has 0 aromatic heterocycles. The van der Waals surface area contributed by atoms with Gasteiger partial charge in [-0.1, -0.05) is 0 Å². The fourth-order valence-corrected chi connectivity index (χ4v) is 11.7. The standard InChI is InChI=1S/C51H85N3O38/c1-12-26(65)31(70)34(73)46(81-12)90-42-25(54-15(4)62)45(80-11-22-30(69)40(24(44(77)82-22)53-14(3)61)89-48-36(75)33(72)29(68)19(8-57)84-48)85-20(9-58)38(42)87-49-37(76)43(39(21(10-59)86-49)88-47-35(74)32(71)28(67)18(7-56)83-47)92-51(50(78)79)5-16(63)23(52-13(2)60)41(91-51)27(66)17(64)6-55/h12,16-49,55-59,63-77H,5-11H2,1-4H3,(H,52,60)(H,53,61)(H,54,62)(H,78,79)/t12-,16-,17+,18+,19+,20+,21+,22+,23+,24+,25+,26+,27+,28-,29-,30-,31+,32-,33-,34-,35+,36+,37+,38+,39-,40+,41+,42+,43+,44-,45+,46-,47-,48-,49-,51-/m0/s1. The Morgan fingerprint density at radius 1 is 0.467 bits per heavy atom. The average molecular weight is 1350 g/mol. The minimum Gasteiger partial charge on any atom is -0.477 e. The predicted molar refractivity (Wildman–Crippen MR) is 282 cm³/mol. The first-order chi connectivity index (χ1) is 43.3. The highest BCUT2D eigenvalue weighted by Gasteiger charge is 2.63. The lowest BCUT2D eigenvalue weighted by Crippen LogP contribution is -2.72. The van der Waals surface area contributed by atoms with Crippen molar-refractivity contribution in [3.63, 3.8) is 0 Å². The van der Waals surface area contributed by atoms with E-state index in [-0.39, 0.29) is 0 Å². The van der Waals surface area contributed by atoms with Crippen LogP contribution in [-0.2, 0) is 80.8 Å². The lowest BCUT2D eigenvalue weighted by molar-refractivity contribution is -0.407. The van der Waals surface area contributed by atoms with E-state index >= 15 is 0 Å². The summed E-state index contributed by atoms with van der Waals surface area (Å²) >= 11 is 0. The van der Waals surface area contributed by atoms with Crippen LogP contribution in [0.4, 0.5) is 0 Å². The third-order valence-corrected chi connectivity index (χ3v) is 16.7. The van der Waals surface area contributed by atoms with Crippen LogP contribution in [0.25, 0.3) is 0 Å². The lowest BCUT2D eigenvalue weighted by Gasteiger charge is -2.53. The molecule has 0 aliphatic carbocycles. The predicted octanol–water partition coefficient (Wildman–Crippen LogP) is -15.6. The number of carbonyl (C=O) groups is 4. The van der Waals surface area contributed by atoms with Crippen molar-refractivity contribution in [2.24, 2.45) is 0 Å². The SMILES string of the molecule is CC(=O)N[C@@H]1[C@@H](O[C@@H]2O[C@H](CO)[C@H](O)[C@H](O)[C@H]2O)[C@@H](O)[C@@H](CO[C@@H]2O[C@H](CO)[C@@H](O[C@@H]3O[C@H](CO)[C@H](O[C@@H]4O[C@H](CO)[C@H](O)[C@H](O)[C@H]4O)[C@H](O[C@]4(C(=O)O)C[C@H](O)[C@@H](NC(C)=O)[C@H]([C@H](O)[C@H](O)CO)O4)[C@H]3O)[C@H](O[C@@H]3O[C@@H](C)[C@@H](O)[C@@H](O)[C@@H]3O)[C@H]2NC(C)=O)O[C@@H]1O. The molecule has 0 aromatic carbocycles. The zero-order valence-electron chi connectivity index (χ0n) is 49.5. The molecule has 36 atom stereocenters. The van der Waals surface area contributed by atoms with Crippen LogP contribution in [0, 0.1) is 0 Å². The van der Waals surface area contributed by atoms with Crippen molar-refractivity contribution in [1.29, 1.82) is 0 Å². The third kappa shape index (κ3) is 16.4. The highest BCUT2D eigenvalue weighted by molar-refractivity contribution is 5.77. The van der Waals surface area contributed by atoms with E-state index in [1.807, 2.05) is 0 Å². The zero-order chi connectivity index (χ0) is 68.3. The monoisotopic (exact) mass is 1350 g/mol.